The molecule has 0 fully saturated rings. The highest BCUT2D eigenvalue weighted by Gasteiger charge is 2.22. The summed E-state index contributed by atoms with van der Waals surface area (Å²) < 4.78 is 19.0. The summed E-state index contributed by atoms with van der Waals surface area (Å²) in [5, 5.41) is 20.6. The number of ether oxygens (including phenoxy) is 1. The normalized spacial score (nSPS) is 14.0. The van der Waals surface area contributed by atoms with Crippen LogP contribution in [0.2, 0.25) is 5.02 Å². The Labute approximate surface area is 141 Å². The first kappa shape index (κ1) is 16.4. The number of pyridine rings is 1. The van der Waals surface area contributed by atoms with Gasteiger partial charge in [-0.25, -0.2) is 9.37 Å². The van der Waals surface area contributed by atoms with Crippen molar-refractivity contribution in [2.75, 3.05) is 13.2 Å². The van der Waals surface area contributed by atoms with Crippen LogP contribution in [-0.2, 0) is 0 Å². The monoisotopic (exact) mass is 350 g/mol. The molecule has 0 saturated carbocycles. The van der Waals surface area contributed by atoms with Gasteiger partial charge in [0.25, 0.3) is 0 Å². The molecule has 0 spiro atoms. The third kappa shape index (κ3) is 3.22. The number of fused-ring (bicyclic) bond motifs is 1. The predicted octanol–water partition coefficient (Wildman–Crippen LogP) is 3.26. The molecular formula is C16H12ClFN2O4. The van der Waals surface area contributed by atoms with Gasteiger partial charge < -0.3 is 9.84 Å². The van der Waals surface area contributed by atoms with Crippen molar-refractivity contribution in [2.24, 2.45) is 0 Å². The van der Waals surface area contributed by atoms with E-state index >= 15 is 0 Å². The summed E-state index contributed by atoms with van der Waals surface area (Å²) in [4.78, 5) is 14.3. The Morgan fingerprint density at radius 1 is 1.46 bits per heavy atom. The van der Waals surface area contributed by atoms with E-state index in [1.807, 2.05) is 0 Å². The minimum Gasteiger partial charge on any atom is -0.487 e. The summed E-state index contributed by atoms with van der Waals surface area (Å²) in [7, 11) is 0. The van der Waals surface area contributed by atoms with Gasteiger partial charge in [-0.1, -0.05) is 17.7 Å². The quantitative estimate of drug-likeness (QED) is 0.675. The molecule has 24 heavy (non-hydrogen) atoms. The van der Waals surface area contributed by atoms with Gasteiger partial charge in [-0.2, -0.15) is 0 Å². The minimum absolute atomic E-state index is 0.0781. The van der Waals surface area contributed by atoms with Crippen molar-refractivity contribution < 1.29 is 19.2 Å². The lowest BCUT2D eigenvalue weighted by Gasteiger charge is -2.19. The fraction of sp³-hybridized carbons (Fsp3) is 0.188. The van der Waals surface area contributed by atoms with Gasteiger partial charge in [0, 0.05) is 16.1 Å². The third-order valence-electron chi connectivity index (χ3n) is 3.50. The molecule has 2 heterocycles. The van der Waals surface area contributed by atoms with E-state index in [1.165, 1.54) is 24.3 Å². The van der Waals surface area contributed by atoms with Crippen molar-refractivity contribution in [1.82, 2.24) is 4.98 Å². The topological polar surface area (TPSA) is 85.5 Å². The van der Waals surface area contributed by atoms with Crippen molar-refractivity contribution in [3.8, 4) is 17.0 Å². The van der Waals surface area contributed by atoms with E-state index in [0.717, 1.165) is 0 Å². The molecule has 1 atom stereocenters. The lowest BCUT2D eigenvalue weighted by atomic mass is 10.0. The van der Waals surface area contributed by atoms with Gasteiger partial charge in [-0.3, -0.25) is 10.1 Å². The summed E-state index contributed by atoms with van der Waals surface area (Å²) in [6.07, 6.45) is 2.18. The molecule has 1 aliphatic heterocycles. The zero-order valence-electron chi connectivity index (χ0n) is 12.3. The van der Waals surface area contributed by atoms with Crippen LogP contribution in [0.25, 0.3) is 17.3 Å². The molecule has 1 N–H and O–H groups in total. The predicted molar refractivity (Wildman–Crippen MR) is 86.0 cm³/mol. The largest absolute Gasteiger partial charge is 0.487 e. The average Bonchev–Trinajstić information content (AvgIpc) is 2.55. The number of benzene rings is 1. The maximum Gasteiger partial charge on any atom is 0.235 e. The van der Waals surface area contributed by atoms with E-state index in [1.54, 1.807) is 12.2 Å². The summed E-state index contributed by atoms with van der Waals surface area (Å²) in [5.41, 5.74) is 1.60. The average molecular weight is 351 g/mol. The van der Waals surface area contributed by atoms with Crippen LogP contribution in [-0.4, -0.2) is 28.2 Å². The zero-order chi connectivity index (χ0) is 17.3. The van der Waals surface area contributed by atoms with Crippen LogP contribution in [0.1, 0.15) is 17.4 Å². The molecule has 0 aliphatic carbocycles. The third-order valence-corrected chi connectivity index (χ3v) is 3.79. The first-order valence-corrected chi connectivity index (χ1v) is 7.43. The molecule has 1 aromatic carbocycles. The Hall–Kier alpha value is -2.51. The lowest BCUT2D eigenvalue weighted by Crippen LogP contribution is -2.15. The highest BCUT2D eigenvalue weighted by Crippen LogP contribution is 2.37. The Morgan fingerprint density at radius 2 is 2.25 bits per heavy atom. The molecule has 124 valence electrons. The summed E-state index contributed by atoms with van der Waals surface area (Å²) in [6, 6.07) is 5.61. The smallest absolute Gasteiger partial charge is 0.235 e. The molecule has 0 amide bonds. The number of aliphatic hydroxyl groups is 1. The number of aliphatic hydroxyl groups excluding tert-OH is 1. The number of hydrogen-bond donors (Lipinski definition) is 1. The Balaban J connectivity index is 2.14. The minimum atomic E-state index is -1.37. The van der Waals surface area contributed by atoms with E-state index in [0.29, 0.717) is 29.2 Å². The second-order valence-electron chi connectivity index (χ2n) is 5.19. The lowest BCUT2D eigenvalue weighted by molar-refractivity contribution is -0.491. The number of nitro groups is 1. The van der Waals surface area contributed by atoms with E-state index in [2.05, 4.69) is 4.98 Å². The fourth-order valence-corrected chi connectivity index (χ4v) is 2.58. The molecule has 0 bridgehead atoms. The molecule has 1 aromatic heterocycles. The fourth-order valence-electron chi connectivity index (χ4n) is 2.40. The van der Waals surface area contributed by atoms with Crippen LogP contribution < -0.4 is 4.74 Å². The van der Waals surface area contributed by atoms with Gasteiger partial charge in [-0.15, -0.1) is 0 Å². The van der Waals surface area contributed by atoms with E-state index in [4.69, 9.17) is 16.3 Å². The molecule has 0 radical (unpaired) electrons. The van der Waals surface area contributed by atoms with Gasteiger partial charge >= 0.3 is 0 Å². The molecule has 6 nitrogen and oxygen atoms in total. The molecule has 0 unspecified atom stereocenters. The van der Waals surface area contributed by atoms with Gasteiger partial charge in [0.2, 0.25) is 6.54 Å². The molecule has 2 aromatic rings. The molecule has 0 saturated heterocycles. The van der Waals surface area contributed by atoms with Crippen molar-refractivity contribution in [1.29, 1.82) is 0 Å². The summed E-state index contributed by atoms with van der Waals surface area (Å²) in [5.74, 6) is -0.114. The van der Waals surface area contributed by atoms with E-state index < -0.39 is 23.4 Å². The maximum atomic E-state index is 13.4. The number of nitrogens with zero attached hydrogens (tertiary/aromatic N) is 2. The first-order chi connectivity index (χ1) is 11.5. The van der Waals surface area contributed by atoms with Crippen LogP contribution in [0.5, 0.6) is 5.75 Å². The maximum absolute atomic E-state index is 13.4. The van der Waals surface area contributed by atoms with Crippen LogP contribution in [0.4, 0.5) is 4.39 Å². The van der Waals surface area contributed by atoms with Crippen LogP contribution in [0, 0.1) is 15.9 Å². The van der Waals surface area contributed by atoms with Gasteiger partial charge in [0.05, 0.1) is 10.7 Å². The van der Waals surface area contributed by atoms with Crippen molar-refractivity contribution in [3.05, 3.63) is 62.6 Å². The molecule has 1 aliphatic rings. The van der Waals surface area contributed by atoms with Crippen molar-refractivity contribution in [2.45, 2.75) is 6.10 Å². The van der Waals surface area contributed by atoms with Gasteiger partial charge in [0.1, 0.15) is 18.1 Å². The van der Waals surface area contributed by atoms with E-state index in [-0.39, 0.29) is 10.7 Å². The second-order valence-corrected chi connectivity index (χ2v) is 5.59. The summed E-state index contributed by atoms with van der Waals surface area (Å²) in [6.45, 7) is -0.326. The molecular weight excluding hydrogens is 339 g/mol. The second kappa shape index (κ2) is 6.54. The van der Waals surface area contributed by atoms with Crippen LogP contribution >= 0.6 is 11.6 Å². The number of halogens is 2. The Bertz CT molecular complexity index is 841. The zero-order valence-corrected chi connectivity index (χ0v) is 13.0. The van der Waals surface area contributed by atoms with Gasteiger partial charge in [0.15, 0.2) is 11.9 Å². The Morgan fingerprint density at radius 3 is 2.96 bits per heavy atom. The first-order valence-electron chi connectivity index (χ1n) is 7.05. The van der Waals surface area contributed by atoms with E-state index in [9.17, 15) is 19.6 Å². The molecule has 3 rings (SSSR count). The van der Waals surface area contributed by atoms with Crippen LogP contribution in [0.3, 0.4) is 0 Å². The van der Waals surface area contributed by atoms with Crippen molar-refractivity contribution >= 4 is 17.7 Å². The number of aromatic nitrogens is 1. The Kier molecular flexibility index (Phi) is 4.46. The number of rotatable bonds is 4. The van der Waals surface area contributed by atoms with Crippen molar-refractivity contribution in [3.63, 3.8) is 0 Å². The SMILES string of the molecule is O=[N+]([O-])C[C@@H](O)c1cc2c(c(-c3ccc(F)c(Cl)c3)n1)OCC=C2. The number of hydrogen-bond acceptors (Lipinski definition) is 5. The van der Waals surface area contributed by atoms with Crippen LogP contribution in [0.15, 0.2) is 30.3 Å². The summed E-state index contributed by atoms with van der Waals surface area (Å²) >= 11 is 5.82. The highest BCUT2D eigenvalue weighted by molar-refractivity contribution is 6.31. The molecule has 8 heteroatoms. The van der Waals surface area contributed by atoms with Gasteiger partial charge in [-0.05, 0) is 30.3 Å². The standard InChI is InChI=1S/C16H12ClFN2O4/c17-11-6-9(3-4-12(11)18)15-16-10(2-1-5-24-16)7-13(19-15)14(21)8-20(22)23/h1-4,6-7,14,21H,5,8H2/t14-/m1/s1. The highest BCUT2D eigenvalue weighted by atomic mass is 35.5.